The molecule has 0 bridgehead atoms. The van der Waals surface area contributed by atoms with Crippen LogP contribution in [-0.2, 0) is 14.3 Å². The van der Waals surface area contributed by atoms with Gasteiger partial charge in [0.2, 0.25) is 0 Å². The first kappa shape index (κ1) is 15.0. The summed E-state index contributed by atoms with van der Waals surface area (Å²) >= 11 is 3.38. The van der Waals surface area contributed by atoms with Crippen molar-refractivity contribution in [1.29, 1.82) is 0 Å². The highest BCUT2D eigenvalue weighted by Gasteiger charge is 2.31. The van der Waals surface area contributed by atoms with Gasteiger partial charge < -0.3 is 4.74 Å². The van der Waals surface area contributed by atoms with Crippen molar-refractivity contribution in [2.45, 2.75) is 38.1 Å². The molecule has 0 unspecified atom stereocenters. The lowest BCUT2D eigenvalue weighted by Gasteiger charge is -2.33. The fourth-order valence-electron chi connectivity index (χ4n) is 2.62. The fraction of sp³-hybridized carbons (Fsp3) is 0.467. The van der Waals surface area contributed by atoms with Crippen molar-refractivity contribution in [3.05, 3.63) is 28.7 Å². The zero-order valence-electron chi connectivity index (χ0n) is 11.5. The summed E-state index contributed by atoms with van der Waals surface area (Å²) < 4.78 is 5.53. The molecule has 4 nitrogen and oxygen atoms in total. The average molecular weight is 340 g/mol. The zero-order chi connectivity index (χ0) is 14.5. The van der Waals surface area contributed by atoms with E-state index in [9.17, 15) is 9.59 Å². The smallest absolute Gasteiger partial charge is 0.397 e. The van der Waals surface area contributed by atoms with Gasteiger partial charge in [0.25, 0.3) is 0 Å². The standard InChI is InChI=1S/C15H18BrNO3/c1-20-15(19)14(18)17(12-5-3-2-4-6-12)13-9-7-11(16)8-10-13/h7-10,12H,2-6H2,1H3. The topological polar surface area (TPSA) is 46.6 Å². The number of carbonyl (C=O) groups excluding carboxylic acids is 2. The van der Waals surface area contributed by atoms with Crippen LogP contribution in [0.3, 0.4) is 0 Å². The van der Waals surface area contributed by atoms with Crippen molar-refractivity contribution < 1.29 is 14.3 Å². The second kappa shape index (κ2) is 6.88. The molecule has 20 heavy (non-hydrogen) atoms. The Morgan fingerprint density at radius 2 is 1.75 bits per heavy atom. The van der Waals surface area contributed by atoms with Crippen LogP contribution >= 0.6 is 15.9 Å². The van der Waals surface area contributed by atoms with Gasteiger partial charge in [-0.1, -0.05) is 35.2 Å². The quantitative estimate of drug-likeness (QED) is 0.613. The molecule has 1 fully saturated rings. The van der Waals surface area contributed by atoms with Crippen LogP contribution in [-0.4, -0.2) is 25.0 Å². The molecule has 1 aliphatic carbocycles. The summed E-state index contributed by atoms with van der Waals surface area (Å²) in [6.07, 6.45) is 5.23. The number of hydrogen-bond donors (Lipinski definition) is 0. The molecule has 5 heteroatoms. The van der Waals surface area contributed by atoms with E-state index in [-0.39, 0.29) is 6.04 Å². The second-order valence-electron chi connectivity index (χ2n) is 4.93. The number of benzene rings is 1. The molecule has 108 valence electrons. The van der Waals surface area contributed by atoms with Crippen LogP contribution in [0.15, 0.2) is 28.7 Å². The van der Waals surface area contributed by atoms with Crippen molar-refractivity contribution in [1.82, 2.24) is 0 Å². The highest BCUT2D eigenvalue weighted by atomic mass is 79.9. The minimum atomic E-state index is -0.807. The molecule has 2 rings (SSSR count). The van der Waals surface area contributed by atoms with Crippen molar-refractivity contribution in [2.24, 2.45) is 0 Å². The van der Waals surface area contributed by atoms with Crippen molar-refractivity contribution in [2.75, 3.05) is 12.0 Å². The molecular formula is C15H18BrNO3. The lowest BCUT2D eigenvalue weighted by molar-refractivity contribution is -0.151. The maximum absolute atomic E-state index is 12.3. The van der Waals surface area contributed by atoms with Gasteiger partial charge in [0, 0.05) is 16.2 Å². The predicted molar refractivity (Wildman–Crippen MR) is 80.5 cm³/mol. The van der Waals surface area contributed by atoms with E-state index in [1.165, 1.54) is 13.5 Å². The van der Waals surface area contributed by atoms with Crippen LogP contribution in [0, 0.1) is 0 Å². The Morgan fingerprint density at radius 1 is 1.15 bits per heavy atom. The van der Waals surface area contributed by atoms with E-state index in [2.05, 4.69) is 20.7 Å². The maximum atomic E-state index is 12.3. The number of carbonyl (C=O) groups is 2. The molecule has 0 aliphatic heterocycles. The minimum Gasteiger partial charge on any atom is -0.462 e. The van der Waals surface area contributed by atoms with Crippen molar-refractivity contribution in [3.8, 4) is 0 Å². The molecule has 0 saturated heterocycles. The molecule has 1 aromatic carbocycles. The Kier molecular flexibility index (Phi) is 5.17. The summed E-state index contributed by atoms with van der Waals surface area (Å²) in [4.78, 5) is 25.5. The van der Waals surface area contributed by atoms with E-state index in [1.54, 1.807) is 4.90 Å². The number of ether oxygens (including phenoxy) is 1. The number of hydrogen-bond acceptors (Lipinski definition) is 3. The number of methoxy groups -OCH3 is 1. The SMILES string of the molecule is COC(=O)C(=O)N(c1ccc(Br)cc1)C1CCCCC1. The molecule has 0 spiro atoms. The van der Waals surface area contributed by atoms with E-state index in [0.717, 1.165) is 35.8 Å². The maximum Gasteiger partial charge on any atom is 0.397 e. The fourth-order valence-corrected chi connectivity index (χ4v) is 2.88. The Balaban J connectivity index is 2.29. The second-order valence-corrected chi connectivity index (χ2v) is 5.85. The largest absolute Gasteiger partial charge is 0.462 e. The normalized spacial score (nSPS) is 15.7. The van der Waals surface area contributed by atoms with Gasteiger partial charge in [0.1, 0.15) is 0 Å². The van der Waals surface area contributed by atoms with Gasteiger partial charge in [0.05, 0.1) is 7.11 Å². The Bertz CT molecular complexity index is 480. The van der Waals surface area contributed by atoms with Gasteiger partial charge in [-0.2, -0.15) is 0 Å². The molecule has 1 amide bonds. The molecule has 1 saturated carbocycles. The van der Waals surface area contributed by atoms with Gasteiger partial charge in [-0.05, 0) is 37.1 Å². The number of nitrogens with zero attached hydrogens (tertiary/aromatic N) is 1. The average Bonchev–Trinajstić information content (AvgIpc) is 2.49. The molecule has 1 aliphatic rings. The number of esters is 1. The summed E-state index contributed by atoms with van der Waals surface area (Å²) in [7, 11) is 1.24. The van der Waals surface area contributed by atoms with Gasteiger partial charge in [0.15, 0.2) is 0 Å². The van der Waals surface area contributed by atoms with E-state index in [4.69, 9.17) is 0 Å². The molecule has 0 radical (unpaired) electrons. The summed E-state index contributed by atoms with van der Waals surface area (Å²) in [5.74, 6) is -1.39. The summed E-state index contributed by atoms with van der Waals surface area (Å²) in [6, 6.07) is 7.52. The molecule has 0 N–H and O–H groups in total. The third-order valence-electron chi connectivity index (χ3n) is 3.62. The first-order valence-electron chi connectivity index (χ1n) is 6.80. The third kappa shape index (κ3) is 3.39. The van der Waals surface area contributed by atoms with E-state index < -0.39 is 11.9 Å². The van der Waals surface area contributed by atoms with E-state index in [1.807, 2.05) is 24.3 Å². The molecule has 0 atom stereocenters. The van der Waals surface area contributed by atoms with E-state index in [0.29, 0.717) is 0 Å². The molecule has 0 aromatic heterocycles. The van der Waals surface area contributed by atoms with Crippen LogP contribution in [0.1, 0.15) is 32.1 Å². The molecule has 1 aromatic rings. The summed E-state index contributed by atoms with van der Waals surface area (Å²) in [5.41, 5.74) is 0.746. The van der Waals surface area contributed by atoms with Gasteiger partial charge in [-0.3, -0.25) is 9.69 Å². The lowest BCUT2D eigenvalue weighted by atomic mass is 9.93. The minimum absolute atomic E-state index is 0.0801. The van der Waals surface area contributed by atoms with Crippen LogP contribution in [0.4, 0.5) is 5.69 Å². The molecular weight excluding hydrogens is 322 g/mol. The van der Waals surface area contributed by atoms with Crippen LogP contribution in [0.5, 0.6) is 0 Å². The van der Waals surface area contributed by atoms with Gasteiger partial charge >= 0.3 is 11.9 Å². The van der Waals surface area contributed by atoms with Crippen molar-refractivity contribution >= 4 is 33.5 Å². The van der Waals surface area contributed by atoms with Crippen LogP contribution < -0.4 is 4.90 Å². The molecule has 0 heterocycles. The highest BCUT2D eigenvalue weighted by Crippen LogP contribution is 2.28. The Morgan fingerprint density at radius 3 is 2.30 bits per heavy atom. The lowest BCUT2D eigenvalue weighted by Crippen LogP contribution is -2.45. The van der Waals surface area contributed by atoms with Gasteiger partial charge in [-0.15, -0.1) is 0 Å². The van der Waals surface area contributed by atoms with Crippen LogP contribution in [0.2, 0.25) is 0 Å². The summed E-state index contributed by atoms with van der Waals surface area (Å²) in [6.45, 7) is 0. The van der Waals surface area contributed by atoms with E-state index >= 15 is 0 Å². The highest BCUT2D eigenvalue weighted by molar-refractivity contribution is 9.10. The number of anilines is 1. The number of amides is 1. The first-order valence-corrected chi connectivity index (χ1v) is 7.60. The third-order valence-corrected chi connectivity index (χ3v) is 4.15. The number of halogens is 1. The Labute approximate surface area is 127 Å². The number of rotatable bonds is 2. The first-order chi connectivity index (χ1) is 9.63. The van der Waals surface area contributed by atoms with Gasteiger partial charge in [-0.25, -0.2) is 4.79 Å². The van der Waals surface area contributed by atoms with Crippen LogP contribution in [0.25, 0.3) is 0 Å². The zero-order valence-corrected chi connectivity index (χ0v) is 13.1. The Hall–Kier alpha value is -1.36. The monoisotopic (exact) mass is 339 g/mol. The summed E-state index contributed by atoms with van der Waals surface area (Å²) in [5, 5.41) is 0. The van der Waals surface area contributed by atoms with Crippen molar-refractivity contribution in [3.63, 3.8) is 0 Å². The predicted octanol–water partition coefficient (Wildman–Crippen LogP) is 3.29.